The second-order valence-corrected chi connectivity index (χ2v) is 5.44. The normalized spacial score (nSPS) is 18.0. The van der Waals surface area contributed by atoms with E-state index in [0.29, 0.717) is 17.9 Å². The molecule has 0 saturated carbocycles. The van der Waals surface area contributed by atoms with Crippen LogP contribution in [0.4, 0.5) is 0 Å². The average Bonchev–Trinajstić information content (AvgIpc) is 3.12. The summed E-state index contributed by atoms with van der Waals surface area (Å²) in [5.41, 5.74) is 2.14. The van der Waals surface area contributed by atoms with Crippen molar-refractivity contribution in [1.29, 1.82) is 0 Å². The lowest BCUT2D eigenvalue weighted by Crippen LogP contribution is -2.16. The van der Waals surface area contributed by atoms with E-state index in [1.54, 1.807) is 12.1 Å². The van der Waals surface area contributed by atoms with Crippen molar-refractivity contribution >= 4 is 0 Å². The summed E-state index contributed by atoms with van der Waals surface area (Å²) in [7, 11) is 1.54. The Morgan fingerprint density at radius 1 is 1.18 bits per heavy atom. The molecule has 2 heterocycles. The third kappa shape index (κ3) is 2.09. The van der Waals surface area contributed by atoms with Crippen molar-refractivity contribution in [3.05, 3.63) is 41.5 Å². The first kappa shape index (κ1) is 13.1. The minimum atomic E-state index is 0.0264. The number of benzene rings is 2. The molecule has 0 aliphatic carbocycles. The van der Waals surface area contributed by atoms with Crippen LogP contribution in [-0.4, -0.2) is 25.1 Å². The standard InChI is InChI=1S/C17H16O5/c1-19-14-4-2-10(7-13(14)18)6-12-8-11-3-5-15-17(16(11)22-12)21-9-20-15/h2-5,7,12,18H,6,8-9H2,1H3. The third-order valence-electron chi connectivity index (χ3n) is 4.01. The van der Waals surface area contributed by atoms with E-state index in [2.05, 4.69) is 0 Å². The molecule has 5 nitrogen and oxygen atoms in total. The molecule has 0 fully saturated rings. The molecule has 22 heavy (non-hydrogen) atoms. The maximum atomic E-state index is 9.86. The summed E-state index contributed by atoms with van der Waals surface area (Å²) in [6, 6.07) is 9.37. The summed E-state index contributed by atoms with van der Waals surface area (Å²) in [6.45, 7) is 0.242. The fourth-order valence-corrected chi connectivity index (χ4v) is 2.97. The van der Waals surface area contributed by atoms with Crippen LogP contribution in [0.3, 0.4) is 0 Å². The molecule has 1 unspecified atom stereocenters. The zero-order valence-electron chi connectivity index (χ0n) is 12.2. The van der Waals surface area contributed by atoms with E-state index >= 15 is 0 Å². The molecule has 4 rings (SSSR count). The van der Waals surface area contributed by atoms with Gasteiger partial charge < -0.3 is 24.1 Å². The van der Waals surface area contributed by atoms with Crippen LogP contribution >= 0.6 is 0 Å². The number of phenolic OH excluding ortho intramolecular Hbond substituents is 1. The van der Waals surface area contributed by atoms with Gasteiger partial charge in [-0.15, -0.1) is 0 Å². The van der Waals surface area contributed by atoms with Crippen LogP contribution in [0.2, 0.25) is 0 Å². The van der Waals surface area contributed by atoms with Gasteiger partial charge >= 0.3 is 0 Å². The highest BCUT2D eigenvalue weighted by Crippen LogP contribution is 2.47. The molecular weight excluding hydrogens is 284 g/mol. The minimum absolute atomic E-state index is 0.0264. The monoisotopic (exact) mass is 300 g/mol. The molecule has 1 atom stereocenters. The molecule has 0 spiro atoms. The quantitative estimate of drug-likeness (QED) is 0.944. The van der Waals surface area contributed by atoms with Gasteiger partial charge in [0, 0.05) is 18.4 Å². The Kier molecular flexibility index (Phi) is 2.99. The number of rotatable bonds is 3. The molecule has 0 radical (unpaired) electrons. The van der Waals surface area contributed by atoms with Crippen molar-refractivity contribution in [3.8, 4) is 28.7 Å². The summed E-state index contributed by atoms with van der Waals surface area (Å²) in [5, 5.41) is 9.86. The van der Waals surface area contributed by atoms with Crippen molar-refractivity contribution in [2.75, 3.05) is 13.9 Å². The predicted molar refractivity (Wildman–Crippen MR) is 79.0 cm³/mol. The lowest BCUT2D eigenvalue weighted by Gasteiger charge is -2.12. The van der Waals surface area contributed by atoms with Gasteiger partial charge in [-0.1, -0.05) is 12.1 Å². The molecule has 0 amide bonds. The number of aromatic hydroxyl groups is 1. The van der Waals surface area contributed by atoms with Crippen molar-refractivity contribution < 1.29 is 24.1 Å². The first-order valence-corrected chi connectivity index (χ1v) is 7.18. The fourth-order valence-electron chi connectivity index (χ4n) is 2.97. The third-order valence-corrected chi connectivity index (χ3v) is 4.01. The van der Waals surface area contributed by atoms with Crippen LogP contribution in [0.1, 0.15) is 11.1 Å². The molecule has 1 N–H and O–H groups in total. The van der Waals surface area contributed by atoms with Crippen molar-refractivity contribution in [1.82, 2.24) is 0 Å². The van der Waals surface area contributed by atoms with Gasteiger partial charge in [-0.25, -0.2) is 0 Å². The summed E-state index contributed by atoms with van der Waals surface area (Å²) >= 11 is 0. The van der Waals surface area contributed by atoms with Gasteiger partial charge in [-0.05, 0) is 23.8 Å². The highest BCUT2D eigenvalue weighted by atomic mass is 16.7. The first-order valence-electron chi connectivity index (χ1n) is 7.18. The summed E-state index contributed by atoms with van der Waals surface area (Å²) in [6.07, 6.45) is 1.55. The van der Waals surface area contributed by atoms with E-state index in [9.17, 15) is 5.11 Å². The van der Waals surface area contributed by atoms with Crippen molar-refractivity contribution in [2.24, 2.45) is 0 Å². The topological polar surface area (TPSA) is 57.2 Å². The van der Waals surface area contributed by atoms with E-state index in [-0.39, 0.29) is 18.6 Å². The zero-order valence-corrected chi connectivity index (χ0v) is 12.2. The van der Waals surface area contributed by atoms with Crippen LogP contribution in [0, 0.1) is 0 Å². The SMILES string of the molecule is COc1ccc(CC2Cc3ccc4c(c3O2)OCO4)cc1O. The lowest BCUT2D eigenvalue weighted by molar-refractivity contribution is 0.166. The van der Waals surface area contributed by atoms with Gasteiger partial charge in [-0.3, -0.25) is 0 Å². The van der Waals surface area contributed by atoms with Gasteiger partial charge in [0.05, 0.1) is 7.11 Å². The smallest absolute Gasteiger partial charge is 0.231 e. The van der Waals surface area contributed by atoms with Gasteiger partial charge in [0.25, 0.3) is 0 Å². The predicted octanol–water partition coefficient (Wildman–Crippen LogP) is 2.68. The molecule has 2 aliphatic rings. The maximum Gasteiger partial charge on any atom is 0.231 e. The highest BCUT2D eigenvalue weighted by molar-refractivity contribution is 5.58. The molecule has 2 aromatic rings. The van der Waals surface area contributed by atoms with Crippen molar-refractivity contribution in [3.63, 3.8) is 0 Å². The average molecular weight is 300 g/mol. The Balaban J connectivity index is 1.53. The summed E-state index contributed by atoms with van der Waals surface area (Å²) in [4.78, 5) is 0. The molecule has 0 bridgehead atoms. The summed E-state index contributed by atoms with van der Waals surface area (Å²) < 4.78 is 21.9. The Morgan fingerprint density at radius 3 is 2.91 bits per heavy atom. The van der Waals surface area contributed by atoms with E-state index in [1.807, 2.05) is 18.2 Å². The lowest BCUT2D eigenvalue weighted by atomic mass is 10.0. The minimum Gasteiger partial charge on any atom is -0.504 e. The van der Waals surface area contributed by atoms with E-state index < -0.39 is 0 Å². The van der Waals surface area contributed by atoms with Crippen LogP contribution in [0.15, 0.2) is 30.3 Å². The second kappa shape index (κ2) is 5.02. The Morgan fingerprint density at radius 2 is 2.09 bits per heavy atom. The van der Waals surface area contributed by atoms with Crippen LogP contribution < -0.4 is 18.9 Å². The van der Waals surface area contributed by atoms with E-state index in [0.717, 1.165) is 29.0 Å². The second-order valence-electron chi connectivity index (χ2n) is 5.44. The van der Waals surface area contributed by atoms with Gasteiger partial charge in [0.2, 0.25) is 12.5 Å². The van der Waals surface area contributed by atoms with Gasteiger partial charge in [0.15, 0.2) is 23.0 Å². The molecule has 2 aliphatic heterocycles. The molecule has 2 aromatic carbocycles. The number of fused-ring (bicyclic) bond motifs is 3. The van der Waals surface area contributed by atoms with Crippen molar-refractivity contribution in [2.45, 2.75) is 18.9 Å². The molecule has 0 saturated heterocycles. The first-order chi connectivity index (χ1) is 10.7. The van der Waals surface area contributed by atoms with E-state index in [4.69, 9.17) is 18.9 Å². The molecular formula is C17H16O5. The molecule has 114 valence electrons. The maximum absolute atomic E-state index is 9.86. The number of ether oxygens (including phenoxy) is 4. The van der Waals surface area contributed by atoms with Gasteiger partial charge in [0.1, 0.15) is 6.10 Å². The van der Waals surface area contributed by atoms with Crippen LogP contribution in [0.5, 0.6) is 28.7 Å². The van der Waals surface area contributed by atoms with Crippen LogP contribution in [-0.2, 0) is 12.8 Å². The Labute approximate surface area is 128 Å². The number of methoxy groups -OCH3 is 1. The number of hydrogen-bond acceptors (Lipinski definition) is 5. The fraction of sp³-hybridized carbons (Fsp3) is 0.294. The van der Waals surface area contributed by atoms with E-state index in [1.165, 1.54) is 7.11 Å². The Hall–Kier alpha value is -2.56. The van der Waals surface area contributed by atoms with Gasteiger partial charge in [-0.2, -0.15) is 0 Å². The largest absolute Gasteiger partial charge is 0.504 e. The van der Waals surface area contributed by atoms with Crippen LogP contribution in [0.25, 0.3) is 0 Å². The number of hydrogen-bond donors (Lipinski definition) is 1. The zero-order chi connectivity index (χ0) is 15.1. The Bertz CT molecular complexity index is 725. The molecule has 0 aromatic heterocycles. The molecule has 5 heteroatoms. The summed E-state index contributed by atoms with van der Waals surface area (Å²) in [5.74, 6) is 2.85. The highest BCUT2D eigenvalue weighted by Gasteiger charge is 2.30. The number of phenols is 1.